The Bertz CT molecular complexity index is 565. The van der Waals surface area contributed by atoms with Crippen LogP contribution in [0.15, 0.2) is 42.5 Å². The van der Waals surface area contributed by atoms with Gasteiger partial charge in [0.25, 0.3) is 0 Å². The molecule has 0 unspecified atom stereocenters. The molecule has 0 aliphatic carbocycles. The van der Waals surface area contributed by atoms with E-state index in [1.165, 1.54) is 5.56 Å². The van der Waals surface area contributed by atoms with Crippen molar-refractivity contribution in [2.75, 3.05) is 6.54 Å². The maximum absolute atomic E-state index is 5.89. The SMILES string of the molecule is NC[C@@H]1Cc2ccc(-c3ccc(Cl)cc3)cc2O1. The molecule has 3 rings (SSSR count). The van der Waals surface area contributed by atoms with Gasteiger partial charge in [0.1, 0.15) is 11.9 Å². The quantitative estimate of drug-likeness (QED) is 0.898. The maximum Gasteiger partial charge on any atom is 0.123 e. The first-order valence-corrected chi connectivity index (χ1v) is 6.39. The number of fused-ring (bicyclic) bond motifs is 1. The molecule has 2 N–H and O–H groups in total. The molecule has 2 aromatic rings. The van der Waals surface area contributed by atoms with E-state index in [-0.39, 0.29) is 6.10 Å². The fraction of sp³-hybridized carbons (Fsp3) is 0.200. The van der Waals surface area contributed by atoms with Crippen molar-refractivity contribution in [2.24, 2.45) is 5.73 Å². The summed E-state index contributed by atoms with van der Waals surface area (Å²) < 4.78 is 5.79. The lowest BCUT2D eigenvalue weighted by atomic mass is 10.0. The average molecular weight is 260 g/mol. The van der Waals surface area contributed by atoms with E-state index in [1.807, 2.05) is 24.3 Å². The first kappa shape index (κ1) is 11.6. The topological polar surface area (TPSA) is 35.2 Å². The number of hydrogen-bond acceptors (Lipinski definition) is 2. The summed E-state index contributed by atoms with van der Waals surface area (Å²) in [4.78, 5) is 0. The Morgan fingerprint density at radius 2 is 1.83 bits per heavy atom. The lowest BCUT2D eigenvalue weighted by Gasteiger charge is -2.07. The minimum absolute atomic E-state index is 0.125. The largest absolute Gasteiger partial charge is 0.488 e. The maximum atomic E-state index is 5.89. The summed E-state index contributed by atoms with van der Waals surface area (Å²) in [5.74, 6) is 0.956. The molecule has 0 radical (unpaired) electrons. The molecule has 0 fully saturated rings. The van der Waals surface area contributed by atoms with Crippen LogP contribution < -0.4 is 10.5 Å². The molecular weight excluding hydrogens is 246 g/mol. The molecule has 1 atom stereocenters. The highest BCUT2D eigenvalue weighted by molar-refractivity contribution is 6.30. The highest BCUT2D eigenvalue weighted by Crippen LogP contribution is 2.33. The van der Waals surface area contributed by atoms with Gasteiger partial charge in [-0.05, 0) is 34.9 Å². The zero-order valence-corrected chi connectivity index (χ0v) is 10.7. The van der Waals surface area contributed by atoms with Crippen LogP contribution in [0.3, 0.4) is 0 Å². The summed E-state index contributed by atoms with van der Waals surface area (Å²) >= 11 is 5.89. The smallest absolute Gasteiger partial charge is 0.123 e. The second-order valence-electron chi connectivity index (χ2n) is 4.51. The van der Waals surface area contributed by atoms with Gasteiger partial charge in [0, 0.05) is 18.0 Å². The monoisotopic (exact) mass is 259 g/mol. The molecule has 18 heavy (non-hydrogen) atoms. The molecule has 0 bridgehead atoms. The Balaban J connectivity index is 1.94. The van der Waals surface area contributed by atoms with Crippen molar-refractivity contribution in [3.8, 4) is 16.9 Å². The van der Waals surface area contributed by atoms with Crippen LogP contribution in [0.4, 0.5) is 0 Å². The van der Waals surface area contributed by atoms with E-state index in [1.54, 1.807) is 0 Å². The van der Waals surface area contributed by atoms with E-state index in [4.69, 9.17) is 22.1 Å². The van der Waals surface area contributed by atoms with E-state index in [0.29, 0.717) is 6.54 Å². The number of benzene rings is 2. The third-order valence-corrected chi connectivity index (χ3v) is 3.50. The van der Waals surface area contributed by atoms with E-state index >= 15 is 0 Å². The Morgan fingerprint density at radius 1 is 1.11 bits per heavy atom. The predicted octanol–water partition coefficient (Wildman–Crippen LogP) is 3.27. The van der Waals surface area contributed by atoms with Crippen LogP contribution in [0.2, 0.25) is 5.02 Å². The number of nitrogens with two attached hydrogens (primary N) is 1. The second kappa shape index (κ2) is 4.63. The summed E-state index contributed by atoms with van der Waals surface area (Å²) in [6, 6.07) is 14.1. The van der Waals surface area contributed by atoms with Crippen molar-refractivity contribution in [2.45, 2.75) is 12.5 Å². The van der Waals surface area contributed by atoms with Crippen molar-refractivity contribution < 1.29 is 4.74 Å². The number of ether oxygens (including phenoxy) is 1. The minimum Gasteiger partial charge on any atom is -0.488 e. The van der Waals surface area contributed by atoms with Crippen molar-refractivity contribution >= 4 is 11.6 Å². The van der Waals surface area contributed by atoms with Gasteiger partial charge < -0.3 is 10.5 Å². The van der Waals surface area contributed by atoms with Crippen molar-refractivity contribution in [3.05, 3.63) is 53.1 Å². The number of rotatable bonds is 2. The molecule has 0 saturated heterocycles. The van der Waals surface area contributed by atoms with Gasteiger partial charge in [-0.3, -0.25) is 0 Å². The van der Waals surface area contributed by atoms with Crippen LogP contribution in [0.1, 0.15) is 5.56 Å². The number of halogens is 1. The Labute approximate surface area is 111 Å². The van der Waals surface area contributed by atoms with Gasteiger partial charge in [0.2, 0.25) is 0 Å². The zero-order valence-electron chi connectivity index (χ0n) is 9.90. The van der Waals surface area contributed by atoms with E-state index in [0.717, 1.165) is 28.3 Å². The van der Waals surface area contributed by atoms with E-state index in [9.17, 15) is 0 Å². The molecule has 2 nitrogen and oxygen atoms in total. The number of hydrogen-bond donors (Lipinski definition) is 1. The lowest BCUT2D eigenvalue weighted by molar-refractivity contribution is 0.241. The van der Waals surface area contributed by atoms with Gasteiger partial charge in [-0.2, -0.15) is 0 Å². The molecule has 1 heterocycles. The fourth-order valence-corrected chi connectivity index (χ4v) is 2.38. The first-order valence-electron chi connectivity index (χ1n) is 6.02. The van der Waals surface area contributed by atoms with Crippen molar-refractivity contribution in [1.29, 1.82) is 0 Å². The van der Waals surface area contributed by atoms with Gasteiger partial charge >= 0.3 is 0 Å². The van der Waals surface area contributed by atoms with Gasteiger partial charge in [-0.15, -0.1) is 0 Å². The van der Waals surface area contributed by atoms with E-state index in [2.05, 4.69) is 18.2 Å². The molecule has 92 valence electrons. The van der Waals surface area contributed by atoms with Crippen LogP contribution in [-0.4, -0.2) is 12.6 Å². The summed E-state index contributed by atoms with van der Waals surface area (Å²) in [6.07, 6.45) is 1.03. The second-order valence-corrected chi connectivity index (χ2v) is 4.95. The standard InChI is InChI=1S/C15H14ClNO/c16-13-5-3-10(4-6-13)11-1-2-12-7-14(9-17)18-15(12)8-11/h1-6,8,14H,7,9,17H2/t14-/m0/s1. The molecule has 0 amide bonds. The highest BCUT2D eigenvalue weighted by atomic mass is 35.5. The molecule has 1 aliphatic rings. The Morgan fingerprint density at radius 3 is 2.56 bits per heavy atom. The van der Waals surface area contributed by atoms with Gasteiger partial charge in [0.15, 0.2) is 0 Å². The fourth-order valence-electron chi connectivity index (χ4n) is 2.25. The molecule has 2 aromatic carbocycles. The molecule has 3 heteroatoms. The van der Waals surface area contributed by atoms with Crippen molar-refractivity contribution in [1.82, 2.24) is 0 Å². The molecule has 0 spiro atoms. The summed E-state index contributed by atoms with van der Waals surface area (Å²) in [6.45, 7) is 0.560. The minimum atomic E-state index is 0.125. The zero-order chi connectivity index (χ0) is 12.5. The molecular formula is C15H14ClNO. The van der Waals surface area contributed by atoms with Gasteiger partial charge in [-0.1, -0.05) is 35.9 Å². The predicted molar refractivity (Wildman–Crippen MR) is 74.1 cm³/mol. The molecule has 1 aliphatic heterocycles. The Kier molecular flexibility index (Phi) is 2.98. The average Bonchev–Trinajstić information content (AvgIpc) is 2.81. The van der Waals surface area contributed by atoms with E-state index < -0.39 is 0 Å². The van der Waals surface area contributed by atoms with Crippen LogP contribution in [0, 0.1) is 0 Å². The molecule has 0 aromatic heterocycles. The lowest BCUT2D eigenvalue weighted by Crippen LogP contribution is -2.24. The highest BCUT2D eigenvalue weighted by Gasteiger charge is 2.21. The van der Waals surface area contributed by atoms with Crippen LogP contribution >= 0.6 is 11.6 Å². The van der Waals surface area contributed by atoms with Crippen LogP contribution in [-0.2, 0) is 6.42 Å². The van der Waals surface area contributed by atoms with Gasteiger partial charge in [0.05, 0.1) is 0 Å². The first-order chi connectivity index (χ1) is 8.76. The molecule has 0 saturated carbocycles. The third kappa shape index (κ3) is 2.09. The normalized spacial score (nSPS) is 17.3. The van der Waals surface area contributed by atoms with Crippen LogP contribution in [0.25, 0.3) is 11.1 Å². The summed E-state index contributed by atoms with van der Waals surface area (Å²) in [5.41, 5.74) is 9.16. The summed E-state index contributed by atoms with van der Waals surface area (Å²) in [7, 11) is 0. The van der Waals surface area contributed by atoms with Crippen molar-refractivity contribution in [3.63, 3.8) is 0 Å². The van der Waals surface area contributed by atoms with Gasteiger partial charge in [-0.25, -0.2) is 0 Å². The third-order valence-electron chi connectivity index (χ3n) is 3.25. The van der Waals surface area contributed by atoms with Crippen LogP contribution in [0.5, 0.6) is 5.75 Å². The summed E-state index contributed by atoms with van der Waals surface area (Å²) in [5, 5.41) is 0.749. The Hall–Kier alpha value is -1.51.